The number of carbonyl (C=O) groups excluding carboxylic acids is 1. The summed E-state index contributed by atoms with van der Waals surface area (Å²) in [4.78, 5) is 25.5. The average molecular weight is 243 g/mol. The van der Waals surface area contributed by atoms with Crippen molar-refractivity contribution in [2.75, 3.05) is 0 Å². The van der Waals surface area contributed by atoms with Gasteiger partial charge in [-0.2, -0.15) is 0 Å². The molecule has 1 heterocycles. The quantitative estimate of drug-likeness (QED) is 0.811. The Labute approximate surface area is 104 Å². The second kappa shape index (κ2) is 4.87. The zero-order valence-electron chi connectivity index (χ0n) is 9.88. The molecule has 4 nitrogen and oxygen atoms in total. The number of H-pyrrole nitrogens is 1. The Balaban J connectivity index is 2.23. The summed E-state index contributed by atoms with van der Waals surface area (Å²) < 4.78 is 0. The number of hydrogen-bond acceptors (Lipinski definition) is 2. The molecule has 2 aromatic rings. The van der Waals surface area contributed by atoms with Crippen LogP contribution in [0.15, 0.2) is 42.6 Å². The van der Waals surface area contributed by atoms with E-state index >= 15 is 0 Å². The molecule has 2 rings (SSSR count). The van der Waals surface area contributed by atoms with Crippen molar-refractivity contribution in [1.29, 1.82) is 0 Å². The highest BCUT2D eigenvalue weighted by molar-refractivity contribution is 6.02. The number of carboxylic acids is 1. The molecule has 0 spiro atoms. The first-order valence-electron chi connectivity index (χ1n) is 5.60. The standard InChI is InChI=1S/C14H13NO3/c1-9(10-5-3-2-4-6-10)13(16)11-7-12(14(17)18)15-8-11/h2-9,15H,1H3,(H,17,18). The van der Waals surface area contributed by atoms with Crippen LogP contribution in [0.25, 0.3) is 0 Å². The molecule has 0 amide bonds. The summed E-state index contributed by atoms with van der Waals surface area (Å²) >= 11 is 0. The molecule has 2 N–H and O–H groups in total. The van der Waals surface area contributed by atoms with Crippen LogP contribution >= 0.6 is 0 Å². The third-order valence-electron chi connectivity index (χ3n) is 2.89. The van der Waals surface area contributed by atoms with Gasteiger partial charge in [0.1, 0.15) is 5.69 Å². The molecule has 0 radical (unpaired) electrons. The van der Waals surface area contributed by atoms with Crippen LogP contribution < -0.4 is 0 Å². The molecule has 1 atom stereocenters. The fourth-order valence-electron chi connectivity index (χ4n) is 1.80. The molecule has 0 aliphatic heterocycles. The molecular weight excluding hydrogens is 230 g/mol. The van der Waals surface area contributed by atoms with Crippen molar-refractivity contribution in [3.8, 4) is 0 Å². The van der Waals surface area contributed by atoms with E-state index in [-0.39, 0.29) is 17.4 Å². The second-order valence-corrected chi connectivity index (χ2v) is 4.10. The smallest absolute Gasteiger partial charge is 0.352 e. The van der Waals surface area contributed by atoms with Crippen LogP contribution in [-0.4, -0.2) is 21.8 Å². The van der Waals surface area contributed by atoms with Crippen molar-refractivity contribution in [2.24, 2.45) is 0 Å². The van der Waals surface area contributed by atoms with Gasteiger partial charge < -0.3 is 10.1 Å². The molecule has 0 aliphatic carbocycles. The number of carbonyl (C=O) groups is 2. The van der Waals surface area contributed by atoms with E-state index in [0.717, 1.165) is 5.56 Å². The number of benzene rings is 1. The Morgan fingerprint density at radius 3 is 2.44 bits per heavy atom. The maximum absolute atomic E-state index is 12.2. The Morgan fingerprint density at radius 1 is 1.22 bits per heavy atom. The molecule has 1 aromatic carbocycles. The molecule has 0 saturated heterocycles. The normalized spacial score (nSPS) is 12.1. The van der Waals surface area contributed by atoms with Gasteiger partial charge in [0.2, 0.25) is 0 Å². The summed E-state index contributed by atoms with van der Waals surface area (Å²) in [5.41, 5.74) is 1.34. The van der Waals surface area contributed by atoms with Crippen molar-refractivity contribution >= 4 is 11.8 Å². The van der Waals surface area contributed by atoms with E-state index in [1.807, 2.05) is 37.3 Å². The van der Waals surface area contributed by atoms with Gasteiger partial charge in [-0.05, 0) is 11.6 Å². The van der Waals surface area contributed by atoms with Gasteiger partial charge in [-0.15, -0.1) is 0 Å². The minimum absolute atomic E-state index is 0.0265. The number of aromatic carboxylic acids is 1. The lowest BCUT2D eigenvalue weighted by Gasteiger charge is -2.09. The van der Waals surface area contributed by atoms with Gasteiger partial charge in [0.25, 0.3) is 0 Å². The van der Waals surface area contributed by atoms with E-state index in [0.29, 0.717) is 5.56 Å². The highest BCUT2D eigenvalue weighted by Gasteiger charge is 2.19. The fraction of sp³-hybridized carbons (Fsp3) is 0.143. The molecule has 18 heavy (non-hydrogen) atoms. The lowest BCUT2D eigenvalue weighted by atomic mass is 9.93. The first kappa shape index (κ1) is 12.1. The molecule has 1 unspecified atom stereocenters. The number of aromatic amines is 1. The van der Waals surface area contributed by atoms with Gasteiger partial charge in [0, 0.05) is 17.7 Å². The monoisotopic (exact) mass is 243 g/mol. The van der Waals surface area contributed by atoms with E-state index in [2.05, 4.69) is 4.98 Å². The van der Waals surface area contributed by atoms with Gasteiger partial charge in [-0.3, -0.25) is 4.79 Å². The first-order chi connectivity index (χ1) is 8.59. The van der Waals surface area contributed by atoms with Crippen LogP contribution in [-0.2, 0) is 0 Å². The van der Waals surface area contributed by atoms with E-state index in [1.165, 1.54) is 12.3 Å². The first-order valence-corrected chi connectivity index (χ1v) is 5.60. The third kappa shape index (κ3) is 2.32. The van der Waals surface area contributed by atoms with Crippen LogP contribution in [0.4, 0.5) is 0 Å². The largest absolute Gasteiger partial charge is 0.477 e. The predicted octanol–water partition coefficient (Wildman–Crippen LogP) is 2.70. The Kier molecular flexibility index (Phi) is 3.28. The van der Waals surface area contributed by atoms with E-state index < -0.39 is 5.97 Å². The van der Waals surface area contributed by atoms with Crippen molar-refractivity contribution in [2.45, 2.75) is 12.8 Å². The van der Waals surface area contributed by atoms with Gasteiger partial charge in [0.05, 0.1) is 0 Å². The second-order valence-electron chi connectivity index (χ2n) is 4.10. The minimum atomic E-state index is -1.07. The number of rotatable bonds is 4. The van der Waals surface area contributed by atoms with Crippen LogP contribution in [0.2, 0.25) is 0 Å². The molecule has 92 valence electrons. The summed E-state index contributed by atoms with van der Waals surface area (Å²) in [5.74, 6) is -1.45. The molecule has 0 bridgehead atoms. The summed E-state index contributed by atoms with van der Waals surface area (Å²) in [6, 6.07) is 10.8. The lowest BCUT2D eigenvalue weighted by Crippen LogP contribution is -2.08. The summed E-state index contributed by atoms with van der Waals surface area (Å²) in [5, 5.41) is 8.79. The molecule has 1 aromatic heterocycles. The van der Waals surface area contributed by atoms with E-state index in [4.69, 9.17) is 5.11 Å². The topological polar surface area (TPSA) is 70.2 Å². The zero-order chi connectivity index (χ0) is 13.1. The van der Waals surface area contributed by atoms with Gasteiger partial charge in [-0.25, -0.2) is 4.79 Å². The van der Waals surface area contributed by atoms with Crippen molar-refractivity contribution in [1.82, 2.24) is 4.98 Å². The van der Waals surface area contributed by atoms with Crippen LogP contribution in [0.3, 0.4) is 0 Å². The summed E-state index contributed by atoms with van der Waals surface area (Å²) in [6.07, 6.45) is 1.44. The highest BCUT2D eigenvalue weighted by Crippen LogP contribution is 2.20. The molecule has 0 fully saturated rings. The number of hydrogen-bond donors (Lipinski definition) is 2. The minimum Gasteiger partial charge on any atom is -0.477 e. The lowest BCUT2D eigenvalue weighted by molar-refractivity contribution is 0.0691. The Bertz CT molecular complexity index is 572. The van der Waals surface area contributed by atoms with Crippen molar-refractivity contribution in [3.63, 3.8) is 0 Å². The van der Waals surface area contributed by atoms with Gasteiger partial charge in [-0.1, -0.05) is 37.3 Å². The zero-order valence-corrected chi connectivity index (χ0v) is 9.88. The third-order valence-corrected chi connectivity index (χ3v) is 2.89. The number of aromatic nitrogens is 1. The SMILES string of the molecule is CC(C(=O)c1c[nH]c(C(=O)O)c1)c1ccccc1. The predicted molar refractivity (Wildman–Crippen MR) is 66.9 cm³/mol. The van der Waals surface area contributed by atoms with Crippen LogP contribution in [0.5, 0.6) is 0 Å². The highest BCUT2D eigenvalue weighted by atomic mass is 16.4. The van der Waals surface area contributed by atoms with Crippen LogP contribution in [0, 0.1) is 0 Å². The van der Waals surface area contributed by atoms with Gasteiger partial charge in [0.15, 0.2) is 5.78 Å². The Hall–Kier alpha value is -2.36. The number of Topliss-reactive ketones (excluding diaryl/α,β-unsaturated/α-hetero) is 1. The molecule has 4 heteroatoms. The van der Waals surface area contributed by atoms with E-state index in [9.17, 15) is 9.59 Å². The Morgan fingerprint density at radius 2 is 1.89 bits per heavy atom. The maximum atomic E-state index is 12.2. The van der Waals surface area contributed by atoms with E-state index in [1.54, 1.807) is 0 Å². The summed E-state index contributed by atoms with van der Waals surface area (Å²) in [7, 11) is 0. The van der Waals surface area contributed by atoms with Gasteiger partial charge >= 0.3 is 5.97 Å². The maximum Gasteiger partial charge on any atom is 0.352 e. The number of ketones is 1. The fourth-order valence-corrected chi connectivity index (χ4v) is 1.80. The van der Waals surface area contributed by atoms with Crippen molar-refractivity contribution in [3.05, 3.63) is 59.4 Å². The number of nitrogens with one attached hydrogen (secondary N) is 1. The molecule has 0 saturated carbocycles. The summed E-state index contributed by atoms with van der Waals surface area (Å²) in [6.45, 7) is 1.81. The number of carboxylic acid groups (broad SMARTS) is 1. The molecule has 0 aliphatic rings. The molecular formula is C14H13NO3. The average Bonchev–Trinajstić information content (AvgIpc) is 2.88. The van der Waals surface area contributed by atoms with Crippen LogP contribution in [0.1, 0.15) is 39.3 Å². The van der Waals surface area contributed by atoms with Crippen molar-refractivity contribution < 1.29 is 14.7 Å².